The molecule has 3 rings (SSSR count). The number of aromatic hydroxyl groups is 1. The molecular weight excluding hydrogens is 394 g/mol. The molecule has 0 aromatic heterocycles. The molecule has 0 fully saturated rings. The van der Waals surface area contributed by atoms with Gasteiger partial charge in [-0.15, -0.1) is 0 Å². The second kappa shape index (κ2) is 10.6. The van der Waals surface area contributed by atoms with E-state index >= 15 is 0 Å². The van der Waals surface area contributed by atoms with Gasteiger partial charge in [0.1, 0.15) is 11.8 Å². The van der Waals surface area contributed by atoms with Crippen LogP contribution in [0.4, 0.5) is 5.69 Å². The smallest absolute Gasteiger partial charge is 0.251 e. The van der Waals surface area contributed by atoms with Crippen LogP contribution in [0.25, 0.3) is 0 Å². The maximum absolute atomic E-state index is 12.8. The number of carbonyl (C=O) groups is 3. The van der Waals surface area contributed by atoms with Crippen molar-refractivity contribution >= 4 is 23.4 Å². The average Bonchev–Trinajstić information content (AvgIpc) is 2.79. The van der Waals surface area contributed by atoms with Crippen molar-refractivity contribution in [3.8, 4) is 5.75 Å². The molecule has 1 atom stereocenters. The quantitative estimate of drug-likeness (QED) is 0.452. The number of carbonyl (C=O) groups excluding carboxylic acids is 3. The van der Waals surface area contributed by atoms with Crippen LogP contribution in [0.2, 0.25) is 0 Å². The number of amides is 3. The Morgan fingerprint density at radius 3 is 2.06 bits per heavy atom. The first kappa shape index (κ1) is 21.6. The van der Waals surface area contributed by atoms with E-state index in [4.69, 9.17) is 0 Å². The van der Waals surface area contributed by atoms with Crippen LogP contribution in [-0.2, 0) is 16.0 Å². The summed E-state index contributed by atoms with van der Waals surface area (Å²) >= 11 is 0. The molecule has 7 heteroatoms. The molecule has 3 aromatic rings. The van der Waals surface area contributed by atoms with Crippen molar-refractivity contribution in [2.24, 2.45) is 0 Å². The zero-order valence-corrected chi connectivity index (χ0v) is 16.7. The monoisotopic (exact) mass is 417 g/mol. The lowest BCUT2D eigenvalue weighted by atomic mass is 10.0. The minimum absolute atomic E-state index is 0.107. The predicted octanol–water partition coefficient (Wildman–Crippen LogP) is 2.49. The number of hydrogen-bond donors (Lipinski definition) is 4. The predicted molar refractivity (Wildman–Crippen MR) is 118 cm³/mol. The fraction of sp³-hybridized carbons (Fsp3) is 0.125. The summed E-state index contributed by atoms with van der Waals surface area (Å²) in [5.41, 5.74) is 1.80. The van der Waals surface area contributed by atoms with Gasteiger partial charge in [0.05, 0.1) is 6.54 Å². The van der Waals surface area contributed by atoms with Crippen LogP contribution in [0.1, 0.15) is 15.9 Å². The second-order valence-corrected chi connectivity index (χ2v) is 6.89. The van der Waals surface area contributed by atoms with E-state index in [0.717, 1.165) is 5.56 Å². The van der Waals surface area contributed by atoms with Gasteiger partial charge in [0.2, 0.25) is 11.8 Å². The highest BCUT2D eigenvalue weighted by Gasteiger charge is 2.22. The minimum atomic E-state index is -0.901. The van der Waals surface area contributed by atoms with Gasteiger partial charge in [0, 0.05) is 17.7 Å². The van der Waals surface area contributed by atoms with E-state index in [-0.39, 0.29) is 24.6 Å². The van der Waals surface area contributed by atoms with Gasteiger partial charge in [0.15, 0.2) is 0 Å². The Kier molecular flexibility index (Phi) is 7.37. The molecular formula is C24H23N3O4. The Morgan fingerprint density at radius 1 is 0.806 bits per heavy atom. The molecule has 0 spiro atoms. The largest absolute Gasteiger partial charge is 0.508 e. The first-order valence-electron chi connectivity index (χ1n) is 9.77. The number of phenols is 1. The Bertz CT molecular complexity index is 1020. The molecule has 0 aliphatic carbocycles. The van der Waals surface area contributed by atoms with Crippen molar-refractivity contribution in [2.75, 3.05) is 11.9 Å². The maximum atomic E-state index is 12.8. The third-order valence-electron chi connectivity index (χ3n) is 4.51. The molecule has 0 aliphatic rings. The zero-order chi connectivity index (χ0) is 22.1. The van der Waals surface area contributed by atoms with Gasteiger partial charge in [-0.1, -0.05) is 48.5 Å². The van der Waals surface area contributed by atoms with Crippen molar-refractivity contribution in [1.29, 1.82) is 0 Å². The third-order valence-corrected chi connectivity index (χ3v) is 4.51. The molecule has 0 unspecified atom stereocenters. The van der Waals surface area contributed by atoms with Crippen LogP contribution < -0.4 is 16.0 Å². The van der Waals surface area contributed by atoms with Crippen molar-refractivity contribution in [3.05, 3.63) is 96.1 Å². The molecule has 0 saturated carbocycles. The summed E-state index contributed by atoms with van der Waals surface area (Å²) in [6.45, 7) is -0.235. The van der Waals surface area contributed by atoms with Crippen LogP contribution in [0.15, 0.2) is 84.9 Å². The number of anilines is 1. The van der Waals surface area contributed by atoms with E-state index < -0.39 is 17.9 Å². The highest BCUT2D eigenvalue weighted by Crippen LogP contribution is 2.12. The summed E-state index contributed by atoms with van der Waals surface area (Å²) in [6.07, 6.45) is 0.199. The summed E-state index contributed by atoms with van der Waals surface area (Å²) in [5, 5.41) is 17.5. The van der Waals surface area contributed by atoms with E-state index in [1.807, 2.05) is 6.07 Å². The van der Waals surface area contributed by atoms with Gasteiger partial charge in [-0.2, -0.15) is 0 Å². The number of benzene rings is 3. The SMILES string of the molecule is O=C(CNC(=O)[C@H](Cc1ccc(O)cc1)NC(=O)c1ccccc1)Nc1ccccc1. The first-order valence-corrected chi connectivity index (χ1v) is 9.77. The van der Waals surface area contributed by atoms with Crippen LogP contribution in [0.3, 0.4) is 0 Å². The average molecular weight is 417 g/mol. The standard InChI is InChI=1S/C24H23N3O4/c28-20-13-11-17(12-14-20)15-21(27-23(30)18-7-3-1-4-8-18)24(31)25-16-22(29)26-19-9-5-2-6-10-19/h1-14,21,28H,15-16H2,(H,25,31)(H,26,29)(H,27,30)/t21-/m0/s1. The number of para-hydroxylation sites is 1. The van der Waals surface area contributed by atoms with Crippen LogP contribution >= 0.6 is 0 Å². The van der Waals surface area contributed by atoms with Gasteiger partial charge >= 0.3 is 0 Å². The summed E-state index contributed by atoms with van der Waals surface area (Å²) in [6, 6.07) is 22.9. The number of hydrogen-bond acceptors (Lipinski definition) is 4. The topological polar surface area (TPSA) is 108 Å². The van der Waals surface area contributed by atoms with Crippen molar-refractivity contribution < 1.29 is 19.5 Å². The molecule has 0 bridgehead atoms. The van der Waals surface area contributed by atoms with E-state index in [9.17, 15) is 19.5 Å². The minimum Gasteiger partial charge on any atom is -0.508 e. The van der Waals surface area contributed by atoms with E-state index in [1.165, 1.54) is 12.1 Å². The molecule has 3 aromatic carbocycles. The maximum Gasteiger partial charge on any atom is 0.251 e. The lowest BCUT2D eigenvalue weighted by Gasteiger charge is -2.19. The number of nitrogens with one attached hydrogen (secondary N) is 3. The highest BCUT2D eigenvalue weighted by atomic mass is 16.3. The van der Waals surface area contributed by atoms with E-state index in [0.29, 0.717) is 11.3 Å². The normalized spacial score (nSPS) is 11.2. The molecule has 0 radical (unpaired) electrons. The molecule has 7 nitrogen and oxygen atoms in total. The van der Waals surface area contributed by atoms with Gasteiger partial charge < -0.3 is 21.1 Å². The molecule has 31 heavy (non-hydrogen) atoms. The number of phenolic OH excluding ortho intramolecular Hbond substituents is 1. The third kappa shape index (κ3) is 6.71. The molecule has 0 saturated heterocycles. The van der Waals surface area contributed by atoms with Crippen LogP contribution in [0.5, 0.6) is 5.75 Å². The lowest BCUT2D eigenvalue weighted by molar-refractivity contribution is -0.125. The molecule has 4 N–H and O–H groups in total. The lowest BCUT2D eigenvalue weighted by Crippen LogP contribution is -2.49. The Balaban J connectivity index is 1.65. The zero-order valence-electron chi connectivity index (χ0n) is 16.7. The highest BCUT2D eigenvalue weighted by molar-refractivity contribution is 5.99. The van der Waals surface area contributed by atoms with Crippen LogP contribution in [0, 0.1) is 0 Å². The first-order chi connectivity index (χ1) is 15.0. The van der Waals surface area contributed by atoms with Crippen molar-refractivity contribution in [2.45, 2.75) is 12.5 Å². The van der Waals surface area contributed by atoms with Crippen molar-refractivity contribution in [1.82, 2.24) is 10.6 Å². The summed E-state index contributed by atoms with van der Waals surface area (Å²) in [5.74, 6) is -1.15. The van der Waals surface area contributed by atoms with Gasteiger partial charge in [-0.05, 0) is 42.0 Å². The van der Waals surface area contributed by atoms with Crippen molar-refractivity contribution in [3.63, 3.8) is 0 Å². The Morgan fingerprint density at radius 2 is 1.42 bits per heavy atom. The fourth-order valence-electron chi connectivity index (χ4n) is 2.93. The summed E-state index contributed by atoms with van der Waals surface area (Å²) in [7, 11) is 0. The Labute approximate surface area is 180 Å². The number of rotatable bonds is 8. The van der Waals surface area contributed by atoms with Crippen LogP contribution in [-0.4, -0.2) is 35.4 Å². The fourth-order valence-corrected chi connectivity index (χ4v) is 2.93. The second-order valence-electron chi connectivity index (χ2n) is 6.89. The Hall–Kier alpha value is -4.13. The van der Waals surface area contributed by atoms with E-state index in [2.05, 4.69) is 16.0 Å². The van der Waals surface area contributed by atoms with E-state index in [1.54, 1.807) is 66.7 Å². The molecule has 158 valence electrons. The summed E-state index contributed by atoms with van der Waals surface area (Å²) in [4.78, 5) is 37.5. The van der Waals surface area contributed by atoms with Gasteiger partial charge in [0.25, 0.3) is 5.91 Å². The van der Waals surface area contributed by atoms with Gasteiger partial charge in [-0.25, -0.2) is 0 Å². The molecule has 0 aliphatic heterocycles. The molecule has 0 heterocycles. The molecule has 3 amide bonds. The summed E-state index contributed by atoms with van der Waals surface area (Å²) < 4.78 is 0. The van der Waals surface area contributed by atoms with Gasteiger partial charge in [-0.3, -0.25) is 14.4 Å².